The Balaban J connectivity index is 1.89. The Morgan fingerprint density at radius 3 is 2.39 bits per heavy atom. The Hall–Kier alpha value is -2.34. The van der Waals surface area contributed by atoms with Gasteiger partial charge in [-0.05, 0) is 39.8 Å². The number of thiazole rings is 1. The second kappa shape index (κ2) is 6.42. The number of pyridine rings is 1. The highest BCUT2D eigenvalue weighted by Gasteiger charge is 2.11. The lowest BCUT2D eigenvalue weighted by Crippen LogP contribution is -2.08. The molecule has 3 aromatic rings. The van der Waals surface area contributed by atoms with E-state index in [9.17, 15) is 0 Å². The fourth-order valence-electron chi connectivity index (χ4n) is 2.33. The molecule has 0 saturated heterocycles. The maximum Gasteiger partial charge on any atom is 0.161 e. The summed E-state index contributed by atoms with van der Waals surface area (Å²) in [7, 11) is 0. The summed E-state index contributed by atoms with van der Waals surface area (Å²) in [5, 5.41) is 4.50. The number of rotatable bonds is 4. The molecule has 0 fully saturated rings. The van der Waals surface area contributed by atoms with Crippen molar-refractivity contribution in [2.75, 3.05) is 5.32 Å². The van der Waals surface area contributed by atoms with Crippen LogP contribution in [0.1, 0.15) is 26.8 Å². The van der Waals surface area contributed by atoms with Crippen LogP contribution in [-0.4, -0.2) is 19.9 Å². The standard InChI is InChI=1S/C17H19N5S/c1-10-11(2)20-17(14-5-7-18-8-6-14)22-16(10)19-9-15-12(3)23-13(4)21-15/h5-8H,9H2,1-4H3,(H,19,20,22). The van der Waals surface area contributed by atoms with Crippen molar-refractivity contribution in [3.05, 3.63) is 51.4 Å². The minimum atomic E-state index is 0.670. The van der Waals surface area contributed by atoms with Crippen molar-refractivity contribution >= 4 is 17.2 Å². The highest BCUT2D eigenvalue weighted by atomic mass is 32.1. The van der Waals surface area contributed by atoms with Gasteiger partial charge in [0.05, 0.1) is 17.2 Å². The molecule has 0 amide bonds. The van der Waals surface area contributed by atoms with Gasteiger partial charge in [0.1, 0.15) is 5.82 Å². The molecule has 0 aliphatic heterocycles. The molecule has 0 aliphatic rings. The second-order valence-electron chi connectivity index (χ2n) is 5.43. The van der Waals surface area contributed by atoms with Gasteiger partial charge in [0.15, 0.2) is 5.82 Å². The molecule has 0 spiro atoms. The molecule has 5 nitrogen and oxygen atoms in total. The Morgan fingerprint density at radius 2 is 1.74 bits per heavy atom. The van der Waals surface area contributed by atoms with Crippen LogP contribution in [0.5, 0.6) is 0 Å². The van der Waals surface area contributed by atoms with Crippen molar-refractivity contribution in [3.63, 3.8) is 0 Å². The van der Waals surface area contributed by atoms with E-state index < -0.39 is 0 Å². The van der Waals surface area contributed by atoms with E-state index in [4.69, 9.17) is 0 Å². The van der Waals surface area contributed by atoms with Gasteiger partial charge in [0.25, 0.3) is 0 Å². The third kappa shape index (κ3) is 3.37. The highest BCUT2D eigenvalue weighted by Crippen LogP contribution is 2.23. The highest BCUT2D eigenvalue weighted by molar-refractivity contribution is 7.11. The quantitative estimate of drug-likeness (QED) is 0.789. The van der Waals surface area contributed by atoms with Crippen LogP contribution in [-0.2, 0) is 6.54 Å². The first-order valence-corrected chi connectivity index (χ1v) is 8.28. The van der Waals surface area contributed by atoms with Gasteiger partial charge in [-0.1, -0.05) is 0 Å². The van der Waals surface area contributed by atoms with Crippen molar-refractivity contribution in [1.29, 1.82) is 0 Å². The molecule has 0 saturated carbocycles. The van der Waals surface area contributed by atoms with Crippen molar-refractivity contribution < 1.29 is 0 Å². The third-order valence-corrected chi connectivity index (χ3v) is 4.68. The predicted octanol–water partition coefficient (Wildman–Crippen LogP) is 3.84. The van der Waals surface area contributed by atoms with Crippen molar-refractivity contribution in [2.24, 2.45) is 0 Å². The Kier molecular flexibility index (Phi) is 4.34. The molecule has 6 heteroatoms. The van der Waals surface area contributed by atoms with Gasteiger partial charge in [0, 0.05) is 34.1 Å². The molecule has 0 atom stereocenters. The monoisotopic (exact) mass is 325 g/mol. The first-order chi connectivity index (χ1) is 11.0. The molecule has 0 unspecified atom stereocenters. The molecular weight excluding hydrogens is 306 g/mol. The van der Waals surface area contributed by atoms with Crippen LogP contribution in [0.25, 0.3) is 11.4 Å². The summed E-state index contributed by atoms with van der Waals surface area (Å²) in [5.74, 6) is 1.57. The van der Waals surface area contributed by atoms with E-state index in [2.05, 4.69) is 32.2 Å². The zero-order valence-corrected chi connectivity index (χ0v) is 14.5. The average Bonchev–Trinajstić information content (AvgIpc) is 2.87. The summed E-state index contributed by atoms with van der Waals surface area (Å²) in [5.41, 5.74) is 4.08. The summed E-state index contributed by atoms with van der Waals surface area (Å²) < 4.78 is 0. The number of anilines is 1. The zero-order valence-electron chi connectivity index (χ0n) is 13.7. The van der Waals surface area contributed by atoms with E-state index in [0.29, 0.717) is 12.4 Å². The van der Waals surface area contributed by atoms with Gasteiger partial charge in [-0.2, -0.15) is 0 Å². The van der Waals surface area contributed by atoms with E-state index in [0.717, 1.165) is 33.3 Å². The summed E-state index contributed by atoms with van der Waals surface area (Å²) in [4.78, 5) is 19.1. The van der Waals surface area contributed by atoms with E-state index in [-0.39, 0.29) is 0 Å². The van der Waals surface area contributed by atoms with Gasteiger partial charge in [-0.25, -0.2) is 15.0 Å². The van der Waals surface area contributed by atoms with E-state index in [1.54, 1.807) is 23.7 Å². The molecule has 3 heterocycles. The molecule has 23 heavy (non-hydrogen) atoms. The predicted molar refractivity (Wildman–Crippen MR) is 93.7 cm³/mol. The molecule has 0 aromatic carbocycles. The summed E-state index contributed by atoms with van der Waals surface area (Å²) in [6.45, 7) is 8.84. The van der Waals surface area contributed by atoms with Crippen molar-refractivity contribution in [3.8, 4) is 11.4 Å². The van der Waals surface area contributed by atoms with Gasteiger partial charge in [0.2, 0.25) is 0 Å². The van der Waals surface area contributed by atoms with E-state index >= 15 is 0 Å². The van der Waals surface area contributed by atoms with Gasteiger partial charge in [-0.3, -0.25) is 4.98 Å². The SMILES string of the molecule is Cc1nc(CNc2nc(-c3ccncc3)nc(C)c2C)c(C)s1. The summed E-state index contributed by atoms with van der Waals surface area (Å²) in [6, 6.07) is 3.84. The second-order valence-corrected chi connectivity index (χ2v) is 6.84. The Labute approximate surface area is 139 Å². The molecule has 1 N–H and O–H groups in total. The third-order valence-electron chi connectivity index (χ3n) is 3.75. The topological polar surface area (TPSA) is 63.6 Å². The average molecular weight is 325 g/mol. The van der Waals surface area contributed by atoms with Gasteiger partial charge >= 0.3 is 0 Å². The lowest BCUT2D eigenvalue weighted by atomic mass is 10.2. The number of nitrogens with zero attached hydrogens (tertiary/aromatic N) is 4. The lowest BCUT2D eigenvalue weighted by molar-refractivity contribution is 0.994. The van der Waals surface area contributed by atoms with Crippen LogP contribution in [0, 0.1) is 27.7 Å². The van der Waals surface area contributed by atoms with Crippen LogP contribution < -0.4 is 5.32 Å². The minimum Gasteiger partial charge on any atom is -0.364 e. The minimum absolute atomic E-state index is 0.670. The first kappa shape index (κ1) is 15.6. The van der Waals surface area contributed by atoms with E-state index in [1.165, 1.54) is 4.88 Å². The van der Waals surface area contributed by atoms with Crippen LogP contribution in [0.2, 0.25) is 0 Å². The Morgan fingerprint density at radius 1 is 1.00 bits per heavy atom. The summed E-state index contributed by atoms with van der Waals surface area (Å²) in [6.07, 6.45) is 3.50. The molecular formula is C17H19N5S. The number of hydrogen-bond acceptors (Lipinski definition) is 6. The number of hydrogen-bond donors (Lipinski definition) is 1. The normalized spacial score (nSPS) is 10.8. The molecule has 0 radical (unpaired) electrons. The number of aromatic nitrogens is 4. The van der Waals surface area contributed by atoms with Crippen LogP contribution in [0.3, 0.4) is 0 Å². The number of nitrogens with one attached hydrogen (secondary N) is 1. The van der Waals surface area contributed by atoms with Crippen LogP contribution >= 0.6 is 11.3 Å². The molecule has 3 rings (SSSR count). The van der Waals surface area contributed by atoms with Crippen molar-refractivity contribution in [1.82, 2.24) is 19.9 Å². The lowest BCUT2D eigenvalue weighted by Gasteiger charge is -2.12. The molecule has 3 aromatic heterocycles. The first-order valence-electron chi connectivity index (χ1n) is 7.47. The van der Waals surface area contributed by atoms with Gasteiger partial charge in [-0.15, -0.1) is 11.3 Å². The Bertz CT molecular complexity index is 827. The smallest absolute Gasteiger partial charge is 0.161 e. The van der Waals surface area contributed by atoms with E-state index in [1.807, 2.05) is 32.9 Å². The maximum atomic E-state index is 4.68. The summed E-state index contributed by atoms with van der Waals surface area (Å²) >= 11 is 1.72. The van der Waals surface area contributed by atoms with Crippen LogP contribution in [0.15, 0.2) is 24.5 Å². The molecule has 0 aliphatic carbocycles. The van der Waals surface area contributed by atoms with Crippen LogP contribution in [0.4, 0.5) is 5.82 Å². The molecule has 0 bridgehead atoms. The zero-order chi connectivity index (χ0) is 16.4. The van der Waals surface area contributed by atoms with Gasteiger partial charge < -0.3 is 5.32 Å². The fourth-order valence-corrected chi connectivity index (χ4v) is 3.17. The largest absolute Gasteiger partial charge is 0.364 e. The maximum absolute atomic E-state index is 4.68. The fraction of sp³-hybridized carbons (Fsp3) is 0.294. The number of aryl methyl sites for hydroxylation is 3. The molecule has 118 valence electrons. The van der Waals surface area contributed by atoms with Crippen molar-refractivity contribution in [2.45, 2.75) is 34.2 Å².